The van der Waals surface area contributed by atoms with E-state index in [0.717, 1.165) is 24.0 Å². The number of carbonyl (C=O) groups excluding carboxylic acids is 1. The molecule has 0 radical (unpaired) electrons. The van der Waals surface area contributed by atoms with E-state index in [1.807, 2.05) is 31.9 Å². The molecule has 1 aromatic rings. The molecule has 0 bridgehead atoms. The van der Waals surface area contributed by atoms with Gasteiger partial charge in [-0.25, -0.2) is 4.79 Å². The molecule has 0 N–H and O–H groups in total. The smallest absolute Gasteiger partial charge is 0.410 e. The third-order valence-electron chi connectivity index (χ3n) is 4.12. The molecule has 118 valence electrons. The molecule has 0 aromatic carbocycles. The van der Waals surface area contributed by atoms with Crippen LogP contribution in [0.4, 0.5) is 4.79 Å². The van der Waals surface area contributed by atoms with Gasteiger partial charge in [-0.1, -0.05) is 6.08 Å². The predicted octanol–water partition coefficient (Wildman–Crippen LogP) is 4.11. The third kappa shape index (κ3) is 3.35. The van der Waals surface area contributed by atoms with Crippen LogP contribution in [0.1, 0.15) is 32.8 Å². The van der Waals surface area contributed by atoms with Crippen LogP contribution in [0.2, 0.25) is 0 Å². The monoisotopic (exact) mass is 364 g/mol. The molecular weight excluding hydrogens is 344 g/mol. The average molecular weight is 365 g/mol. The lowest BCUT2D eigenvalue weighted by Gasteiger charge is -2.24. The lowest BCUT2D eigenvalue weighted by Crippen LogP contribution is -2.35. The maximum absolute atomic E-state index is 12.2. The number of aromatic nitrogens is 1. The van der Waals surface area contributed by atoms with Crippen LogP contribution >= 0.6 is 15.9 Å². The number of amides is 1. The quantitative estimate of drug-likeness (QED) is 0.752. The van der Waals surface area contributed by atoms with E-state index in [9.17, 15) is 4.79 Å². The molecule has 3 rings (SSSR count). The molecule has 2 atom stereocenters. The number of hydrogen-bond acceptors (Lipinski definition) is 3. The number of pyridine rings is 1. The molecule has 2 heterocycles. The Balaban J connectivity index is 1.67. The second-order valence-electron chi connectivity index (χ2n) is 7.10. The minimum atomic E-state index is -0.433. The number of nitrogens with zero attached hydrogens (tertiary/aromatic N) is 2. The van der Waals surface area contributed by atoms with Crippen LogP contribution in [0.25, 0.3) is 5.57 Å². The van der Waals surface area contributed by atoms with Crippen molar-refractivity contribution >= 4 is 27.6 Å². The van der Waals surface area contributed by atoms with Crippen molar-refractivity contribution in [2.45, 2.75) is 32.8 Å². The van der Waals surface area contributed by atoms with Gasteiger partial charge in [-0.15, -0.1) is 0 Å². The van der Waals surface area contributed by atoms with Crippen LogP contribution in [0.5, 0.6) is 0 Å². The minimum Gasteiger partial charge on any atom is -0.444 e. The molecule has 1 aliphatic heterocycles. The van der Waals surface area contributed by atoms with Crippen LogP contribution in [-0.4, -0.2) is 34.7 Å². The fourth-order valence-electron chi connectivity index (χ4n) is 3.19. The lowest BCUT2D eigenvalue weighted by molar-refractivity contribution is 0.0285. The van der Waals surface area contributed by atoms with Crippen molar-refractivity contribution < 1.29 is 9.53 Å². The van der Waals surface area contributed by atoms with Crippen molar-refractivity contribution in [1.82, 2.24) is 9.88 Å². The first-order valence-corrected chi connectivity index (χ1v) is 8.41. The van der Waals surface area contributed by atoms with Crippen molar-refractivity contribution in [1.29, 1.82) is 0 Å². The number of likely N-dealkylation sites (tertiary alicyclic amines) is 1. The van der Waals surface area contributed by atoms with E-state index >= 15 is 0 Å². The number of ether oxygens (including phenoxy) is 1. The number of hydrogen-bond donors (Lipinski definition) is 0. The molecule has 1 amide bonds. The van der Waals surface area contributed by atoms with Gasteiger partial charge in [0, 0.05) is 30.0 Å². The summed E-state index contributed by atoms with van der Waals surface area (Å²) in [7, 11) is 0. The summed E-state index contributed by atoms with van der Waals surface area (Å²) in [4.78, 5) is 18.2. The second-order valence-corrected chi connectivity index (χ2v) is 8.01. The molecule has 2 aliphatic rings. The third-order valence-corrected chi connectivity index (χ3v) is 4.55. The maximum Gasteiger partial charge on any atom is 0.410 e. The zero-order valence-corrected chi connectivity index (χ0v) is 14.8. The highest BCUT2D eigenvalue weighted by Crippen LogP contribution is 2.41. The van der Waals surface area contributed by atoms with Gasteiger partial charge < -0.3 is 9.64 Å². The summed E-state index contributed by atoms with van der Waals surface area (Å²) in [5.74, 6) is 0.933. The lowest BCUT2D eigenvalue weighted by atomic mass is 9.99. The normalized spacial score (nSPS) is 24.2. The first-order chi connectivity index (χ1) is 10.3. The van der Waals surface area contributed by atoms with E-state index < -0.39 is 5.60 Å². The first-order valence-electron chi connectivity index (χ1n) is 7.61. The summed E-state index contributed by atoms with van der Waals surface area (Å²) in [6.07, 6.45) is 6.81. The molecule has 5 heteroatoms. The van der Waals surface area contributed by atoms with Crippen LogP contribution in [0.15, 0.2) is 29.0 Å². The zero-order chi connectivity index (χ0) is 15.9. The highest BCUT2D eigenvalue weighted by molar-refractivity contribution is 9.10. The second kappa shape index (κ2) is 5.69. The van der Waals surface area contributed by atoms with Gasteiger partial charge in [-0.3, -0.25) is 4.98 Å². The van der Waals surface area contributed by atoms with Gasteiger partial charge in [0.15, 0.2) is 0 Å². The Morgan fingerprint density at radius 1 is 1.36 bits per heavy atom. The maximum atomic E-state index is 12.2. The van der Waals surface area contributed by atoms with Crippen molar-refractivity contribution in [3.8, 4) is 0 Å². The number of rotatable bonds is 1. The standard InChI is InChI=1S/C17H21BrN2O2/c1-17(2,3)22-16(21)20-9-13-4-11(5-14(13)10-20)12-6-15(18)8-19-7-12/h4,6-8,13-14H,5,9-10H2,1-3H3/t13-,14+/m0/s1. The summed E-state index contributed by atoms with van der Waals surface area (Å²) in [6.45, 7) is 7.24. The van der Waals surface area contributed by atoms with Gasteiger partial charge in [-0.2, -0.15) is 0 Å². The predicted molar refractivity (Wildman–Crippen MR) is 89.3 cm³/mol. The van der Waals surface area contributed by atoms with Crippen molar-refractivity contribution in [3.05, 3.63) is 34.6 Å². The summed E-state index contributed by atoms with van der Waals surface area (Å²) < 4.78 is 6.46. The molecular formula is C17H21BrN2O2. The summed E-state index contributed by atoms with van der Waals surface area (Å²) >= 11 is 3.47. The van der Waals surface area contributed by atoms with E-state index in [4.69, 9.17) is 4.74 Å². The first kappa shape index (κ1) is 15.5. The highest BCUT2D eigenvalue weighted by atomic mass is 79.9. The van der Waals surface area contributed by atoms with Crippen LogP contribution in [0, 0.1) is 11.8 Å². The summed E-state index contributed by atoms with van der Waals surface area (Å²) in [5.41, 5.74) is 2.08. The summed E-state index contributed by atoms with van der Waals surface area (Å²) in [5, 5.41) is 0. The Morgan fingerprint density at radius 3 is 2.77 bits per heavy atom. The van der Waals surface area contributed by atoms with Crippen LogP contribution in [0.3, 0.4) is 0 Å². The minimum absolute atomic E-state index is 0.194. The van der Waals surface area contributed by atoms with Crippen molar-refractivity contribution in [3.63, 3.8) is 0 Å². The molecule has 4 nitrogen and oxygen atoms in total. The molecule has 1 aromatic heterocycles. The molecule has 22 heavy (non-hydrogen) atoms. The Morgan fingerprint density at radius 2 is 2.14 bits per heavy atom. The van der Waals surface area contributed by atoms with Crippen molar-refractivity contribution in [2.24, 2.45) is 11.8 Å². The van der Waals surface area contributed by atoms with Crippen molar-refractivity contribution in [2.75, 3.05) is 13.1 Å². The van der Waals surface area contributed by atoms with Gasteiger partial charge in [0.25, 0.3) is 0 Å². The van der Waals surface area contributed by atoms with E-state index in [1.54, 1.807) is 6.20 Å². The van der Waals surface area contributed by atoms with Gasteiger partial charge in [0.1, 0.15) is 5.60 Å². The molecule has 0 unspecified atom stereocenters. The van der Waals surface area contributed by atoms with Gasteiger partial charge in [0.2, 0.25) is 0 Å². The Kier molecular flexibility index (Phi) is 4.02. The number of halogens is 1. The van der Waals surface area contributed by atoms with E-state index in [-0.39, 0.29) is 6.09 Å². The van der Waals surface area contributed by atoms with Gasteiger partial charge in [0.05, 0.1) is 0 Å². The number of fused-ring (bicyclic) bond motifs is 1. The Bertz CT molecular complexity index is 621. The van der Waals surface area contributed by atoms with E-state index in [1.165, 1.54) is 11.1 Å². The SMILES string of the molecule is CC(C)(C)OC(=O)N1C[C@H]2CC(c3cncc(Br)c3)=C[C@H]2C1. The fraction of sp³-hybridized carbons (Fsp3) is 0.529. The number of allylic oxidation sites excluding steroid dienone is 1. The molecule has 0 spiro atoms. The van der Waals surface area contributed by atoms with Crippen LogP contribution < -0.4 is 0 Å². The molecule has 1 fully saturated rings. The molecule has 1 saturated heterocycles. The molecule has 1 aliphatic carbocycles. The average Bonchev–Trinajstić information content (AvgIpc) is 2.94. The van der Waals surface area contributed by atoms with Gasteiger partial charge >= 0.3 is 6.09 Å². The largest absolute Gasteiger partial charge is 0.444 e. The Labute approximate surface area is 139 Å². The zero-order valence-electron chi connectivity index (χ0n) is 13.2. The fourth-order valence-corrected chi connectivity index (χ4v) is 3.55. The summed E-state index contributed by atoms with van der Waals surface area (Å²) in [6, 6.07) is 2.10. The topological polar surface area (TPSA) is 42.4 Å². The van der Waals surface area contributed by atoms with E-state index in [2.05, 4.69) is 33.1 Å². The van der Waals surface area contributed by atoms with E-state index in [0.29, 0.717) is 11.8 Å². The Hall–Kier alpha value is -1.36. The highest BCUT2D eigenvalue weighted by Gasteiger charge is 2.39. The number of carbonyl (C=O) groups is 1. The van der Waals surface area contributed by atoms with Gasteiger partial charge in [-0.05, 0) is 72.2 Å². The molecule has 0 saturated carbocycles. The van der Waals surface area contributed by atoms with Crippen LogP contribution in [-0.2, 0) is 4.74 Å².